The number of rotatable bonds is 6. The first-order valence-electron chi connectivity index (χ1n) is 11.3. The van der Waals surface area contributed by atoms with Crippen LogP contribution in [0.25, 0.3) is 11.0 Å². The molecule has 10 heteroatoms. The van der Waals surface area contributed by atoms with Crippen LogP contribution in [0.15, 0.2) is 47.8 Å². The predicted octanol–water partition coefficient (Wildman–Crippen LogP) is 4.75. The van der Waals surface area contributed by atoms with Crippen molar-refractivity contribution < 1.29 is 14.0 Å². The van der Waals surface area contributed by atoms with Gasteiger partial charge in [-0.15, -0.1) is 12.8 Å². The second-order valence-electron chi connectivity index (χ2n) is 8.17. The van der Waals surface area contributed by atoms with Crippen LogP contribution in [-0.4, -0.2) is 38.4 Å². The van der Waals surface area contributed by atoms with E-state index in [9.17, 15) is 14.0 Å². The zero-order valence-electron chi connectivity index (χ0n) is 19.7. The van der Waals surface area contributed by atoms with Crippen molar-refractivity contribution in [3.8, 4) is 12.8 Å². The molecule has 3 aromatic rings. The number of hydrogen-bond donors (Lipinski definition) is 3. The third-order valence-electron chi connectivity index (χ3n) is 5.79. The van der Waals surface area contributed by atoms with Gasteiger partial charge in [0, 0.05) is 18.2 Å². The summed E-state index contributed by atoms with van der Waals surface area (Å²) in [6.07, 6.45) is 17.0. The molecular formula is C26H26ClFN6O2. The highest BCUT2D eigenvalue weighted by Crippen LogP contribution is 2.23. The number of aldehydes is 1. The van der Waals surface area contributed by atoms with Crippen molar-refractivity contribution in [3.05, 3.63) is 69.9 Å². The van der Waals surface area contributed by atoms with Gasteiger partial charge in [-0.3, -0.25) is 14.7 Å². The van der Waals surface area contributed by atoms with Crippen molar-refractivity contribution in [3.63, 3.8) is 0 Å². The fourth-order valence-electron chi connectivity index (χ4n) is 3.87. The number of halogens is 2. The van der Waals surface area contributed by atoms with Gasteiger partial charge in [0.15, 0.2) is 11.5 Å². The second-order valence-corrected chi connectivity index (χ2v) is 8.58. The molecule has 2 heterocycles. The topological polar surface area (TPSA) is 113 Å². The molecule has 4 rings (SSSR count). The molecule has 0 fully saturated rings. The Hall–Kier alpha value is -4.03. The van der Waals surface area contributed by atoms with Gasteiger partial charge in [0.05, 0.1) is 5.02 Å². The molecule has 0 saturated heterocycles. The van der Waals surface area contributed by atoms with Crippen LogP contribution >= 0.6 is 11.6 Å². The number of aromatic nitrogens is 4. The van der Waals surface area contributed by atoms with Crippen LogP contribution in [0, 0.1) is 18.7 Å². The summed E-state index contributed by atoms with van der Waals surface area (Å²) in [4.78, 5) is 32.7. The fourth-order valence-corrected chi connectivity index (χ4v) is 4.07. The minimum Gasteiger partial charge on any atom is -0.363 e. The molecule has 186 valence electrons. The van der Waals surface area contributed by atoms with Gasteiger partial charge < -0.3 is 10.6 Å². The quantitative estimate of drug-likeness (QED) is 0.327. The molecular weight excluding hydrogens is 483 g/mol. The van der Waals surface area contributed by atoms with Crippen LogP contribution in [0.1, 0.15) is 48.7 Å². The minimum atomic E-state index is -0.481. The van der Waals surface area contributed by atoms with Crippen LogP contribution in [-0.2, 0) is 11.3 Å². The van der Waals surface area contributed by atoms with Crippen molar-refractivity contribution >= 4 is 40.6 Å². The van der Waals surface area contributed by atoms with Gasteiger partial charge in [-0.2, -0.15) is 5.10 Å². The molecule has 36 heavy (non-hydrogen) atoms. The maximum absolute atomic E-state index is 13.4. The molecule has 1 aliphatic rings. The number of fused-ring (bicyclic) bond motifs is 1. The van der Waals surface area contributed by atoms with Gasteiger partial charge in [-0.25, -0.2) is 14.4 Å². The molecule has 0 radical (unpaired) electrons. The third kappa shape index (κ3) is 6.34. The molecule has 3 N–H and O–H groups in total. The van der Waals surface area contributed by atoms with Gasteiger partial charge in [-0.1, -0.05) is 35.4 Å². The number of allylic oxidation sites excluding steroid dienone is 3. The summed E-state index contributed by atoms with van der Waals surface area (Å²) >= 11 is 5.84. The van der Waals surface area contributed by atoms with E-state index in [4.69, 9.17) is 11.6 Å². The van der Waals surface area contributed by atoms with Crippen molar-refractivity contribution in [1.82, 2.24) is 25.5 Å². The largest absolute Gasteiger partial charge is 0.363 e. The van der Waals surface area contributed by atoms with Crippen molar-refractivity contribution in [2.75, 3.05) is 5.32 Å². The Kier molecular flexibility index (Phi) is 9.31. The number of terminal acetylenes is 1. The molecule has 0 aliphatic heterocycles. The lowest BCUT2D eigenvalue weighted by Gasteiger charge is -2.16. The van der Waals surface area contributed by atoms with Gasteiger partial charge in [0.2, 0.25) is 0 Å². The van der Waals surface area contributed by atoms with E-state index in [1.165, 1.54) is 18.5 Å². The monoisotopic (exact) mass is 508 g/mol. The average molecular weight is 509 g/mol. The normalized spacial score (nSPS) is 18.6. The smallest absolute Gasteiger partial charge is 0.272 e. The molecule has 8 nitrogen and oxygen atoms in total. The number of benzene rings is 1. The van der Waals surface area contributed by atoms with Gasteiger partial charge in [0.25, 0.3) is 5.91 Å². The summed E-state index contributed by atoms with van der Waals surface area (Å²) in [6, 6.07) is 4.37. The second kappa shape index (κ2) is 12.6. The van der Waals surface area contributed by atoms with E-state index in [0.29, 0.717) is 35.4 Å². The number of hydrogen-bond acceptors (Lipinski definition) is 6. The molecule has 2 aromatic heterocycles. The van der Waals surface area contributed by atoms with Crippen LogP contribution in [0.2, 0.25) is 5.02 Å². The minimum absolute atomic E-state index is 0.0422. The highest BCUT2D eigenvalue weighted by Gasteiger charge is 2.20. The lowest BCUT2D eigenvalue weighted by atomic mass is 10.0. The van der Waals surface area contributed by atoms with Crippen LogP contribution in [0.3, 0.4) is 0 Å². The molecule has 1 atom stereocenters. The third-order valence-corrected chi connectivity index (χ3v) is 6.08. The summed E-state index contributed by atoms with van der Waals surface area (Å²) in [5, 5.41) is 13.3. The predicted molar refractivity (Wildman–Crippen MR) is 138 cm³/mol. The van der Waals surface area contributed by atoms with Crippen LogP contribution < -0.4 is 10.6 Å². The molecule has 1 unspecified atom stereocenters. The molecule has 0 saturated carbocycles. The highest BCUT2D eigenvalue weighted by atomic mass is 35.5. The van der Waals surface area contributed by atoms with Crippen molar-refractivity contribution in [2.24, 2.45) is 0 Å². The molecule has 1 aliphatic carbocycles. The van der Waals surface area contributed by atoms with Crippen LogP contribution in [0.5, 0.6) is 0 Å². The standard InChI is InChI=1S/C24H24ClFN6O2.C2H2/c1-14-4-2-6-17(7-3-5-16(14)12-33)30-24(34)22-20-21(28-13-29-22)23(32-31-20)27-11-15-8-9-19(26)18(25)10-15;1-2/h3,5,8-10,12-13,17H,2,4,6-7,11H2,1H3,(H,30,34)(H2,27,31,32);1-2H/b5-3-,16-14+;. The number of carbonyl (C=O) groups is 2. The number of nitrogens with zero attached hydrogens (tertiary/aromatic N) is 3. The van der Waals surface area contributed by atoms with E-state index in [-0.39, 0.29) is 22.7 Å². The zero-order chi connectivity index (χ0) is 26.1. The zero-order valence-corrected chi connectivity index (χ0v) is 20.5. The Labute approximate surface area is 213 Å². The van der Waals surface area contributed by atoms with Crippen molar-refractivity contribution in [1.29, 1.82) is 0 Å². The van der Waals surface area contributed by atoms with E-state index >= 15 is 0 Å². The number of H-pyrrole nitrogens is 1. The van der Waals surface area contributed by atoms with Gasteiger partial charge >= 0.3 is 0 Å². The van der Waals surface area contributed by atoms with E-state index in [0.717, 1.165) is 36.7 Å². The highest BCUT2D eigenvalue weighted by molar-refractivity contribution is 6.30. The first-order valence-corrected chi connectivity index (χ1v) is 11.7. The number of carbonyl (C=O) groups excluding carboxylic acids is 2. The Balaban J connectivity index is 0.00000176. The molecule has 1 amide bonds. The summed E-state index contributed by atoms with van der Waals surface area (Å²) in [7, 11) is 0. The number of anilines is 1. The van der Waals surface area contributed by atoms with Crippen molar-refractivity contribution in [2.45, 2.75) is 45.2 Å². The summed E-state index contributed by atoms with van der Waals surface area (Å²) < 4.78 is 13.4. The molecule has 1 aromatic carbocycles. The van der Waals surface area contributed by atoms with E-state index in [1.807, 2.05) is 19.1 Å². The lowest BCUT2D eigenvalue weighted by molar-refractivity contribution is -0.104. The summed E-state index contributed by atoms with van der Waals surface area (Å²) in [5.41, 5.74) is 3.60. The summed E-state index contributed by atoms with van der Waals surface area (Å²) in [5.74, 6) is -0.365. The van der Waals surface area contributed by atoms with E-state index in [2.05, 4.69) is 43.6 Å². The Bertz CT molecular complexity index is 1330. The Morgan fingerprint density at radius 2 is 2.14 bits per heavy atom. The van der Waals surface area contributed by atoms with Gasteiger partial charge in [0.1, 0.15) is 29.5 Å². The fraction of sp³-hybridized carbons (Fsp3) is 0.269. The average Bonchev–Trinajstić information content (AvgIpc) is 3.33. The van der Waals surface area contributed by atoms with Gasteiger partial charge in [-0.05, 0) is 50.3 Å². The maximum atomic E-state index is 13.4. The Morgan fingerprint density at radius 3 is 2.89 bits per heavy atom. The SMILES string of the molecule is C#C.C/C1=C(C=O)/C=C\CC(NC(=O)c2ncnc3c(NCc4ccc(F)c(Cl)c4)n[nH]c23)CCC1. The summed E-state index contributed by atoms with van der Waals surface area (Å²) in [6.45, 7) is 2.30. The van der Waals surface area contributed by atoms with E-state index in [1.54, 1.807) is 6.07 Å². The Morgan fingerprint density at radius 1 is 1.33 bits per heavy atom. The number of nitrogens with one attached hydrogen (secondary N) is 3. The molecule has 0 spiro atoms. The van der Waals surface area contributed by atoms with E-state index < -0.39 is 5.82 Å². The molecule has 0 bridgehead atoms. The lowest BCUT2D eigenvalue weighted by Crippen LogP contribution is -2.35. The maximum Gasteiger partial charge on any atom is 0.272 e. The number of aromatic amines is 1. The van der Waals surface area contributed by atoms with Crippen LogP contribution in [0.4, 0.5) is 10.2 Å². The number of amides is 1. The first kappa shape index (κ1) is 26.6. The first-order chi connectivity index (χ1) is 17.5.